The van der Waals surface area contributed by atoms with Gasteiger partial charge >= 0.3 is 0 Å². The fraction of sp³-hybridized carbons (Fsp3) is 0.222. The van der Waals surface area contributed by atoms with Crippen molar-refractivity contribution in [3.63, 3.8) is 0 Å². The summed E-state index contributed by atoms with van der Waals surface area (Å²) >= 11 is 0. The van der Waals surface area contributed by atoms with Gasteiger partial charge in [0.1, 0.15) is 0 Å². The number of hydrogen-bond donors (Lipinski definition) is 2. The summed E-state index contributed by atoms with van der Waals surface area (Å²) in [6.45, 7) is 0.743. The Hall–Kier alpha value is -2.80. The maximum atomic E-state index is 13.2. The first kappa shape index (κ1) is 18.5. The van der Waals surface area contributed by atoms with Gasteiger partial charge in [0, 0.05) is 25.2 Å². The highest BCUT2D eigenvalue weighted by molar-refractivity contribution is 5.96. The fourth-order valence-electron chi connectivity index (χ4n) is 2.26. The van der Waals surface area contributed by atoms with Crippen LogP contribution in [0.15, 0.2) is 48.5 Å². The van der Waals surface area contributed by atoms with E-state index in [4.69, 9.17) is 5.73 Å². The van der Waals surface area contributed by atoms with E-state index in [9.17, 15) is 18.4 Å². The smallest absolute Gasteiger partial charge is 0.251 e. The second kappa shape index (κ2) is 8.89. The molecule has 2 rings (SSSR count). The molecule has 7 heteroatoms. The van der Waals surface area contributed by atoms with E-state index in [1.807, 2.05) is 30.3 Å². The summed E-state index contributed by atoms with van der Waals surface area (Å²) < 4.78 is 26.1. The number of carbonyl (C=O) groups excluding carboxylic acids is 2. The number of benzene rings is 2. The molecule has 0 aliphatic rings. The fourth-order valence-corrected chi connectivity index (χ4v) is 2.26. The molecule has 0 heterocycles. The number of halogens is 2. The van der Waals surface area contributed by atoms with E-state index in [0.29, 0.717) is 13.1 Å². The zero-order chi connectivity index (χ0) is 18.2. The van der Waals surface area contributed by atoms with Crippen LogP contribution in [0.1, 0.15) is 15.9 Å². The molecule has 25 heavy (non-hydrogen) atoms. The van der Waals surface area contributed by atoms with Crippen molar-refractivity contribution in [1.82, 2.24) is 10.2 Å². The summed E-state index contributed by atoms with van der Waals surface area (Å²) in [5, 5.41) is 2.41. The SMILES string of the molecule is NCCN(Cc1ccccc1)C(=O)CNC(=O)c1ccc(F)c(F)c1. The molecular weight excluding hydrogens is 328 g/mol. The van der Waals surface area contributed by atoms with E-state index in [2.05, 4.69) is 5.32 Å². The van der Waals surface area contributed by atoms with Crippen molar-refractivity contribution in [1.29, 1.82) is 0 Å². The molecule has 132 valence electrons. The van der Waals surface area contributed by atoms with Gasteiger partial charge < -0.3 is 16.0 Å². The molecule has 2 aromatic carbocycles. The lowest BCUT2D eigenvalue weighted by Crippen LogP contribution is -2.42. The van der Waals surface area contributed by atoms with E-state index in [1.165, 1.54) is 4.90 Å². The normalized spacial score (nSPS) is 10.4. The molecule has 0 aliphatic heterocycles. The Kier molecular flexibility index (Phi) is 6.59. The summed E-state index contributed by atoms with van der Waals surface area (Å²) in [6, 6.07) is 12.2. The van der Waals surface area contributed by atoms with Crippen LogP contribution in [-0.4, -0.2) is 36.3 Å². The topological polar surface area (TPSA) is 75.4 Å². The Morgan fingerprint density at radius 3 is 2.40 bits per heavy atom. The van der Waals surface area contributed by atoms with Gasteiger partial charge in [-0.1, -0.05) is 30.3 Å². The molecular formula is C18H19F2N3O2. The van der Waals surface area contributed by atoms with Crippen LogP contribution in [0.2, 0.25) is 0 Å². The minimum absolute atomic E-state index is 0.0554. The lowest BCUT2D eigenvalue weighted by molar-refractivity contribution is -0.130. The van der Waals surface area contributed by atoms with Crippen molar-refractivity contribution in [2.75, 3.05) is 19.6 Å². The second-order valence-electron chi connectivity index (χ2n) is 5.40. The maximum absolute atomic E-state index is 13.2. The molecule has 0 bridgehead atoms. The highest BCUT2D eigenvalue weighted by atomic mass is 19.2. The van der Waals surface area contributed by atoms with Crippen molar-refractivity contribution in [3.05, 3.63) is 71.3 Å². The minimum atomic E-state index is -1.12. The third-order valence-electron chi connectivity index (χ3n) is 3.55. The molecule has 5 nitrogen and oxygen atoms in total. The Morgan fingerprint density at radius 1 is 1.04 bits per heavy atom. The lowest BCUT2D eigenvalue weighted by Gasteiger charge is -2.22. The average molecular weight is 347 g/mol. The van der Waals surface area contributed by atoms with Gasteiger partial charge in [-0.25, -0.2) is 8.78 Å². The van der Waals surface area contributed by atoms with Gasteiger partial charge in [0.05, 0.1) is 6.54 Å². The highest BCUT2D eigenvalue weighted by Gasteiger charge is 2.16. The van der Waals surface area contributed by atoms with Gasteiger partial charge in [0.15, 0.2) is 11.6 Å². The number of nitrogens with zero attached hydrogens (tertiary/aromatic N) is 1. The molecule has 0 atom stereocenters. The molecule has 0 saturated carbocycles. The first-order valence-electron chi connectivity index (χ1n) is 7.76. The first-order chi connectivity index (χ1) is 12.0. The number of rotatable bonds is 7. The number of amides is 2. The van der Waals surface area contributed by atoms with Crippen LogP contribution >= 0.6 is 0 Å². The standard InChI is InChI=1S/C18H19F2N3O2/c19-15-7-6-14(10-16(15)20)18(25)22-11-17(24)23(9-8-21)12-13-4-2-1-3-5-13/h1-7,10H,8-9,11-12,21H2,(H,22,25). The molecule has 0 aliphatic carbocycles. The Labute approximate surface area is 144 Å². The Morgan fingerprint density at radius 2 is 1.76 bits per heavy atom. The van der Waals surface area contributed by atoms with Gasteiger partial charge in [-0.15, -0.1) is 0 Å². The summed E-state index contributed by atoms with van der Waals surface area (Å²) in [5.74, 6) is -3.12. The van der Waals surface area contributed by atoms with Crippen LogP contribution < -0.4 is 11.1 Å². The summed E-state index contributed by atoms with van der Waals surface area (Å²) in [5.41, 5.74) is 6.43. The van der Waals surface area contributed by atoms with Crippen LogP contribution in [-0.2, 0) is 11.3 Å². The van der Waals surface area contributed by atoms with Gasteiger partial charge in [-0.2, -0.15) is 0 Å². The van der Waals surface area contributed by atoms with Crippen molar-refractivity contribution in [3.8, 4) is 0 Å². The quantitative estimate of drug-likeness (QED) is 0.800. The average Bonchev–Trinajstić information content (AvgIpc) is 2.62. The predicted octanol–water partition coefficient (Wildman–Crippen LogP) is 1.68. The molecule has 2 aromatic rings. The van der Waals surface area contributed by atoms with E-state index < -0.39 is 17.5 Å². The molecule has 0 spiro atoms. The van der Waals surface area contributed by atoms with Crippen LogP contribution in [0.5, 0.6) is 0 Å². The third kappa shape index (κ3) is 5.36. The highest BCUT2D eigenvalue weighted by Crippen LogP contribution is 2.09. The summed E-state index contributed by atoms with van der Waals surface area (Å²) in [4.78, 5) is 25.8. The van der Waals surface area contributed by atoms with Crippen molar-refractivity contribution in [2.24, 2.45) is 5.73 Å². The summed E-state index contributed by atoms with van der Waals surface area (Å²) in [7, 11) is 0. The molecule has 0 radical (unpaired) electrons. The Bertz CT molecular complexity index is 738. The van der Waals surface area contributed by atoms with E-state index in [-0.39, 0.29) is 24.6 Å². The number of nitrogens with two attached hydrogens (primary N) is 1. The molecule has 0 fully saturated rings. The molecule has 0 aromatic heterocycles. The van der Waals surface area contributed by atoms with Gasteiger partial charge in [0.2, 0.25) is 5.91 Å². The van der Waals surface area contributed by atoms with E-state index in [1.54, 1.807) is 0 Å². The number of carbonyl (C=O) groups is 2. The zero-order valence-electron chi connectivity index (χ0n) is 13.5. The van der Waals surface area contributed by atoms with Crippen LogP contribution in [0.3, 0.4) is 0 Å². The van der Waals surface area contributed by atoms with Crippen LogP contribution in [0.25, 0.3) is 0 Å². The largest absolute Gasteiger partial charge is 0.343 e. The monoisotopic (exact) mass is 347 g/mol. The van der Waals surface area contributed by atoms with E-state index in [0.717, 1.165) is 23.8 Å². The van der Waals surface area contributed by atoms with E-state index >= 15 is 0 Å². The molecule has 0 saturated heterocycles. The maximum Gasteiger partial charge on any atom is 0.251 e. The lowest BCUT2D eigenvalue weighted by atomic mass is 10.2. The number of hydrogen-bond acceptors (Lipinski definition) is 3. The van der Waals surface area contributed by atoms with Gasteiger partial charge in [0.25, 0.3) is 5.91 Å². The molecule has 2 amide bonds. The summed E-state index contributed by atoms with van der Waals surface area (Å²) in [6.07, 6.45) is 0. The predicted molar refractivity (Wildman–Crippen MR) is 89.6 cm³/mol. The van der Waals surface area contributed by atoms with Crippen LogP contribution in [0.4, 0.5) is 8.78 Å². The van der Waals surface area contributed by atoms with Gasteiger partial charge in [-0.05, 0) is 23.8 Å². The first-order valence-corrected chi connectivity index (χ1v) is 7.76. The zero-order valence-corrected chi connectivity index (χ0v) is 13.5. The third-order valence-corrected chi connectivity index (χ3v) is 3.55. The minimum Gasteiger partial charge on any atom is -0.343 e. The van der Waals surface area contributed by atoms with Crippen LogP contribution in [0, 0.1) is 11.6 Å². The Balaban J connectivity index is 1.95. The molecule has 3 N–H and O–H groups in total. The second-order valence-corrected chi connectivity index (χ2v) is 5.40. The van der Waals surface area contributed by atoms with Gasteiger partial charge in [-0.3, -0.25) is 9.59 Å². The number of nitrogens with one attached hydrogen (secondary N) is 1. The van der Waals surface area contributed by atoms with Crippen molar-refractivity contribution >= 4 is 11.8 Å². The molecule has 0 unspecified atom stereocenters. The van der Waals surface area contributed by atoms with Crippen molar-refractivity contribution < 1.29 is 18.4 Å². The van der Waals surface area contributed by atoms with Crippen molar-refractivity contribution in [2.45, 2.75) is 6.54 Å².